The lowest BCUT2D eigenvalue weighted by Gasteiger charge is -2.24. The van der Waals surface area contributed by atoms with Gasteiger partial charge in [0.05, 0.1) is 19.1 Å². The van der Waals surface area contributed by atoms with Crippen molar-refractivity contribution in [1.29, 1.82) is 0 Å². The second-order valence-electron chi connectivity index (χ2n) is 7.88. The van der Waals surface area contributed by atoms with Crippen LogP contribution in [0.1, 0.15) is 44.6 Å². The number of fused-ring (bicyclic) bond motifs is 1. The van der Waals surface area contributed by atoms with Crippen LogP contribution in [-0.4, -0.2) is 68.5 Å². The molecule has 3 N–H and O–H groups in total. The lowest BCUT2D eigenvalue weighted by atomic mass is 10.1. The number of nitrogens with zero attached hydrogens (tertiary/aromatic N) is 1. The maximum absolute atomic E-state index is 12.9. The molecule has 0 unspecified atom stereocenters. The SMILES string of the molecule is CCCCC[C@@H]1NCCOc2ccccc2CCCNC(=O)CNC(=O)CN(C)C1=O. The highest BCUT2D eigenvalue weighted by atomic mass is 16.5. The molecular weight excluding hydrogens is 396 g/mol. The number of unbranched alkanes of at least 4 members (excludes halogenated alkanes) is 2. The summed E-state index contributed by atoms with van der Waals surface area (Å²) in [6, 6.07) is 7.51. The molecular formula is C23H36N4O4. The largest absolute Gasteiger partial charge is 0.492 e. The zero-order chi connectivity index (χ0) is 22.5. The summed E-state index contributed by atoms with van der Waals surface area (Å²) in [6.07, 6.45) is 5.31. The van der Waals surface area contributed by atoms with Gasteiger partial charge in [-0.2, -0.15) is 0 Å². The Bertz CT molecular complexity index is 725. The minimum absolute atomic E-state index is 0.0814. The fourth-order valence-corrected chi connectivity index (χ4v) is 3.52. The number of likely N-dealkylation sites (N-methyl/N-ethyl adjacent to an activating group) is 1. The van der Waals surface area contributed by atoms with Crippen LogP contribution in [0.3, 0.4) is 0 Å². The number of hydrogen-bond acceptors (Lipinski definition) is 5. The van der Waals surface area contributed by atoms with Gasteiger partial charge < -0.3 is 25.6 Å². The van der Waals surface area contributed by atoms with E-state index in [9.17, 15) is 14.4 Å². The quantitative estimate of drug-likeness (QED) is 0.622. The third-order valence-electron chi connectivity index (χ3n) is 5.27. The van der Waals surface area contributed by atoms with Crippen molar-refractivity contribution in [2.24, 2.45) is 0 Å². The Balaban J connectivity index is 2.07. The summed E-state index contributed by atoms with van der Waals surface area (Å²) < 4.78 is 5.97. The summed E-state index contributed by atoms with van der Waals surface area (Å²) in [4.78, 5) is 38.4. The number of rotatable bonds is 4. The van der Waals surface area contributed by atoms with Crippen molar-refractivity contribution < 1.29 is 19.1 Å². The molecule has 8 heteroatoms. The molecule has 172 valence electrons. The summed E-state index contributed by atoms with van der Waals surface area (Å²) in [5, 5.41) is 8.70. The Morgan fingerprint density at radius 1 is 1.06 bits per heavy atom. The third kappa shape index (κ3) is 8.96. The first-order chi connectivity index (χ1) is 15.0. The van der Waals surface area contributed by atoms with Crippen LogP contribution in [-0.2, 0) is 20.8 Å². The van der Waals surface area contributed by atoms with Crippen LogP contribution in [0, 0.1) is 0 Å². The Morgan fingerprint density at radius 2 is 1.87 bits per heavy atom. The van der Waals surface area contributed by atoms with Crippen LogP contribution >= 0.6 is 0 Å². The molecule has 1 aromatic carbocycles. The van der Waals surface area contributed by atoms with E-state index in [1.54, 1.807) is 7.05 Å². The second kappa shape index (κ2) is 13.6. The molecule has 0 saturated carbocycles. The first-order valence-corrected chi connectivity index (χ1v) is 11.2. The molecule has 1 heterocycles. The van der Waals surface area contributed by atoms with Crippen molar-refractivity contribution in [2.75, 3.05) is 39.8 Å². The summed E-state index contributed by atoms with van der Waals surface area (Å²) >= 11 is 0. The second-order valence-corrected chi connectivity index (χ2v) is 7.88. The number of hydrogen-bond donors (Lipinski definition) is 3. The fraction of sp³-hybridized carbons (Fsp3) is 0.609. The maximum atomic E-state index is 12.9. The van der Waals surface area contributed by atoms with E-state index in [0.717, 1.165) is 43.4 Å². The minimum atomic E-state index is -0.370. The van der Waals surface area contributed by atoms with Crippen molar-refractivity contribution in [2.45, 2.75) is 51.5 Å². The summed E-state index contributed by atoms with van der Waals surface area (Å²) in [5.41, 5.74) is 1.08. The van der Waals surface area contributed by atoms with E-state index in [1.807, 2.05) is 24.3 Å². The first-order valence-electron chi connectivity index (χ1n) is 11.2. The molecule has 8 nitrogen and oxygen atoms in total. The number of aryl methyl sites for hydroxylation is 1. The summed E-state index contributed by atoms with van der Waals surface area (Å²) in [5.74, 6) is 0.107. The monoisotopic (exact) mass is 432 g/mol. The van der Waals surface area contributed by atoms with Gasteiger partial charge in [0.1, 0.15) is 12.4 Å². The molecule has 0 spiro atoms. The van der Waals surface area contributed by atoms with Crippen molar-refractivity contribution in [3.05, 3.63) is 29.8 Å². The Labute approximate surface area is 185 Å². The molecule has 2 rings (SSSR count). The number of carbonyl (C=O) groups excluding carboxylic acids is 3. The van der Waals surface area contributed by atoms with E-state index in [4.69, 9.17) is 4.74 Å². The van der Waals surface area contributed by atoms with Crippen LogP contribution in [0.25, 0.3) is 0 Å². The molecule has 0 saturated heterocycles. The smallest absolute Gasteiger partial charge is 0.240 e. The van der Waals surface area contributed by atoms with E-state index in [-0.39, 0.29) is 36.9 Å². The van der Waals surface area contributed by atoms with Gasteiger partial charge in [0.25, 0.3) is 0 Å². The van der Waals surface area contributed by atoms with Crippen LogP contribution in [0.5, 0.6) is 5.75 Å². The number of para-hydroxylation sites is 1. The third-order valence-corrected chi connectivity index (χ3v) is 5.27. The molecule has 0 bridgehead atoms. The van der Waals surface area contributed by atoms with Crippen LogP contribution in [0.15, 0.2) is 24.3 Å². The van der Waals surface area contributed by atoms with E-state index in [2.05, 4.69) is 22.9 Å². The zero-order valence-corrected chi connectivity index (χ0v) is 18.7. The van der Waals surface area contributed by atoms with Gasteiger partial charge in [-0.05, 0) is 30.9 Å². The molecule has 0 aromatic heterocycles. The molecule has 1 aromatic rings. The van der Waals surface area contributed by atoms with Gasteiger partial charge in [-0.3, -0.25) is 14.4 Å². The number of amides is 3. The number of carbonyl (C=O) groups is 3. The predicted octanol–water partition coefficient (Wildman–Crippen LogP) is 1.24. The van der Waals surface area contributed by atoms with E-state index < -0.39 is 0 Å². The van der Waals surface area contributed by atoms with Gasteiger partial charge >= 0.3 is 0 Å². The first kappa shape index (κ1) is 24.7. The fourth-order valence-electron chi connectivity index (χ4n) is 3.52. The Kier molecular flexibility index (Phi) is 10.9. The van der Waals surface area contributed by atoms with Crippen LogP contribution in [0.2, 0.25) is 0 Å². The predicted molar refractivity (Wildman–Crippen MR) is 120 cm³/mol. The number of benzene rings is 1. The van der Waals surface area contributed by atoms with Gasteiger partial charge in [-0.15, -0.1) is 0 Å². The van der Waals surface area contributed by atoms with E-state index in [1.165, 1.54) is 4.90 Å². The molecule has 0 radical (unpaired) electrons. The van der Waals surface area contributed by atoms with E-state index >= 15 is 0 Å². The van der Waals surface area contributed by atoms with Crippen LogP contribution in [0.4, 0.5) is 0 Å². The normalized spacial score (nSPS) is 20.0. The Hall–Kier alpha value is -2.61. The lowest BCUT2D eigenvalue weighted by Crippen LogP contribution is -2.49. The van der Waals surface area contributed by atoms with E-state index in [0.29, 0.717) is 26.1 Å². The summed E-state index contributed by atoms with van der Waals surface area (Å²) in [6.45, 7) is 3.43. The maximum Gasteiger partial charge on any atom is 0.240 e. The lowest BCUT2D eigenvalue weighted by molar-refractivity contribution is -0.136. The Morgan fingerprint density at radius 3 is 2.68 bits per heavy atom. The van der Waals surface area contributed by atoms with Gasteiger partial charge in [0.15, 0.2) is 0 Å². The molecule has 0 aliphatic carbocycles. The number of nitrogens with one attached hydrogen (secondary N) is 3. The average Bonchev–Trinajstić information content (AvgIpc) is 2.76. The highest BCUT2D eigenvalue weighted by molar-refractivity contribution is 5.89. The van der Waals surface area contributed by atoms with Gasteiger partial charge in [0.2, 0.25) is 17.7 Å². The zero-order valence-electron chi connectivity index (χ0n) is 18.7. The number of ether oxygens (including phenoxy) is 1. The molecule has 31 heavy (non-hydrogen) atoms. The minimum Gasteiger partial charge on any atom is -0.492 e. The van der Waals surface area contributed by atoms with Crippen LogP contribution < -0.4 is 20.7 Å². The molecule has 3 amide bonds. The average molecular weight is 433 g/mol. The van der Waals surface area contributed by atoms with Crippen molar-refractivity contribution >= 4 is 17.7 Å². The molecule has 1 atom stereocenters. The molecule has 0 fully saturated rings. The molecule has 1 aliphatic heterocycles. The molecule has 1 aliphatic rings. The van der Waals surface area contributed by atoms with Crippen molar-refractivity contribution in [3.8, 4) is 5.75 Å². The van der Waals surface area contributed by atoms with Crippen molar-refractivity contribution in [3.63, 3.8) is 0 Å². The highest BCUT2D eigenvalue weighted by Crippen LogP contribution is 2.19. The van der Waals surface area contributed by atoms with Crippen molar-refractivity contribution in [1.82, 2.24) is 20.9 Å². The van der Waals surface area contributed by atoms with Gasteiger partial charge in [-0.25, -0.2) is 0 Å². The van der Waals surface area contributed by atoms with Gasteiger partial charge in [0, 0.05) is 20.1 Å². The summed E-state index contributed by atoms with van der Waals surface area (Å²) in [7, 11) is 1.61. The topological polar surface area (TPSA) is 99.8 Å². The standard InChI is InChI=1S/C23H36N4O4/c1-3-4-5-11-19-23(30)27(2)17-22(29)26-16-21(28)25-13-8-10-18-9-6-7-12-20(18)31-15-14-24-19/h6-7,9,12,19,24H,3-5,8,10-11,13-17H2,1-2H3,(H,25,28)(H,26,29)/t19-/m0/s1. The highest BCUT2D eigenvalue weighted by Gasteiger charge is 2.23. The van der Waals surface area contributed by atoms with Gasteiger partial charge in [-0.1, -0.05) is 44.4 Å².